The fourth-order valence-corrected chi connectivity index (χ4v) is 1.64. The zero-order valence-corrected chi connectivity index (χ0v) is 9.87. The van der Waals surface area contributed by atoms with E-state index in [2.05, 4.69) is 36.3 Å². The minimum Gasteiger partial charge on any atom is -0.310 e. The van der Waals surface area contributed by atoms with Crippen molar-refractivity contribution in [2.24, 2.45) is 0 Å². The van der Waals surface area contributed by atoms with Crippen LogP contribution in [0.1, 0.15) is 51.1 Å². The lowest BCUT2D eigenvalue weighted by Gasteiger charge is -2.13. The third-order valence-corrected chi connectivity index (χ3v) is 2.69. The zero-order valence-electron chi connectivity index (χ0n) is 9.87. The highest BCUT2D eigenvalue weighted by molar-refractivity contribution is 5.13. The van der Waals surface area contributed by atoms with Crippen LogP contribution in [0, 0.1) is 0 Å². The fraction of sp³-hybridized carbons (Fsp3) is 0.615. The Labute approximate surface area is 93.1 Å². The smallest absolute Gasteiger partial charge is 0.0292 e. The van der Waals surface area contributed by atoms with Crippen LogP contribution in [0.3, 0.4) is 0 Å². The van der Waals surface area contributed by atoms with Crippen LogP contribution in [0.4, 0.5) is 0 Å². The van der Waals surface area contributed by atoms with E-state index in [4.69, 9.17) is 0 Å². The summed E-state index contributed by atoms with van der Waals surface area (Å²) in [5.41, 5.74) is 1.32. The van der Waals surface area contributed by atoms with Gasteiger partial charge in [-0.3, -0.25) is 4.98 Å². The normalized spacial score (nSPS) is 12.7. The second-order valence-corrected chi connectivity index (χ2v) is 4.02. The molecule has 0 aliphatic rings. The van der Waals surface area contributed by atoms with Crippen molar-refractivity contribution in [2.45, 2.75) is 45.6 Å². The standard InChI is InChI=1S/C13H22N2/c1-3-4-5-6-9-15-12(2)13-7-10-14-11-8-13/h7-8,10-12,15H,3-6,9H2,1-2H3/t12-/m0/s1. The van der Waals surface area contributed by atoms with Crippen LogP contribution >= 0.6 is 0 Å². The van der Waals surface area contributed by atoms with Crippen molar-refractivity contribution in [1.82, 2.24) is 10.3 Å². The van der Waals surface area contributed by atoms with Gasteiger partial charge in [0.05, 0.1) is 0 Å². The van der Waals surface area contributed by atoms with Gasteiger partial charge in [-0.25, -0.2) is 0 Å². The number of nitrogens with one attached hydrogen (secondary N) is 1. The maximum atomic E-state index is 4.02. The zero-order chi connectivity index (χ0) is 10.9. The maximum absolute atomic E-state index is 4.02. The third kappa shape index (κ3) is 4.93. The molecule has 84 valence electrons. The third-order valence-electron chi connectivity index (χ3n) is 2.69. The molecule has 1 atom stereocenters. The van der Waals surface area contributed by atoms with Gasteiger partial charge in [0, 0.05) is 18.4 Å². The van der Waals surface area contributed by atoms with Crippen LogP contribution in [0.15, 0.2) is 24.5 Å². The maximum Gasteiger partial charge on any atom is 0.0292 e. The lowest BCUT2D eigenvalue weighted by atomic mass is 10.1. The summed E-state index contributed by atoms with van der Waals surface area (Å²) in [4.78, 5) is 4.02. The van der Waals surface area contributed by atoms with Crippen LogP contribution in [-0.4, -0.2) is 11.5 Å². The number of hydrogen-bond acceptors (Lipinski definition) is 2. The van der Waals surface area contributed by atoms with Crippen molar-refractivity contribution in [3.05, 3.63) is 30.1 Å². The van der Waals surface area contributed by atoms with E-state index >= 15 is 0 Å². The molecular weight excluding hydrogens is 184 g/mol. The summed E-state index contributed by atoms with van der Waals surface area (Å²) in [5, 5.41) is 3.53. The summed E-state index contributed by atoms with van der Waals surface area (Å²) >= 11 is 0. The number of aromatic nitrogens is 1. The van der Waals surface area contributed by atoms with E-state index in [0.717, 1.165) is 6.54 Å². The van der Waals surface area contributed by atoms with Crippen LogP contribution in [0.25, 0.3) is 0 Å². The Hall–Kier alpha value is -0.890. The van der Waals surface area contributed by atoms with Gasteiger partial charge < -0.3 is 5.32 Å². The predicted octanol–water partition coefficient (Wildman–Crippen LogP) is 3.31. The molecule has 0 unspecified atom stereocenters. The molecular formula is C13H22N2. The van der Waals surface area contributed by atoms with E-state index < -0.39 is 0 Å². The van der Waals surface area contributed by atoms with E-state index in [1.54, 1.807) is 0 Å². The summed E-state index contributed by atoms with van der Waals surface area (Å²) < 4.78 is 0. The van der Waals surface area contributed by atoms with Gasteiger partial charge in [-0.1, -0.05) is 26.2 Å². The number of hydrogen-bond donors (Lipinski definition) is 1. The second kappa shape index (κ2) is 7.41. The minimum atomic E-state index is 0.439. The van der Waals surface area contributed by atoms with Crippen LogP contribution < -0.4 is 5.32 Å². The van der Waals surface area contributed by atoms with Gasteiger partial charge in [0.15, 0.2) is 0 Å². The lowest BCUT2D eigenvalue weighted by Crippen LogP contribution is -2.19. The Morgan fingerprint density at radius 1 is 1.20 bits per heavy atom. The summed E-state index contributed by atoms with van der Waals surface area (Å²) in [5.74, 6) is 0. The molecule has 2 nitrogen and oxygen atoms in total. The number of unbranched alkanes of at least 4 members (excludes halogenated alkanes) is 3. The molecule has 0 aliphatic carbocycles. The average molecular weight is 206 g/mol. The summed E-state index contributed by atoms with van der Waals surface area (Å²) in [7, 11) is 0. The molecule has 2 heteroatoms. The van der Waals surface area contributed by atoms with Crippen molar-refractivity contribution in [2.75, 3.05) is 6.54 Å². The fourth-order valence-electron chi connectivity index (χ4n) is 1.64. The van der Waals surface area contributed by atoms with E-state index in [-0.39, 0.29) is 0 Å². The highest BCUT2D eigenvalue weighted by Crippen LogP contribution is 2.10. The molecule has 0 amide bonds. The molecule has 1 heterocycles. The SMILES string of the molecule is CCCCCCN[C@@H](C)c1ccncc1. The average Bonchev–Trinajstić information content (AvgIpc) is 2.30. The summed E-state index contributed by atoms with van der Waals surface area (Å²) in [6.07, 6.45) is 8.98. The Bertz CT molecular complexity index is 246. The van der Waals surface area contributed by atoms with Crippen molar-refractivity contribution >= 4 is 0 Å². The molecule has 1 rings (SSSR count). The van der Waals surface area contributed by atoms with Gasteiger partial charge in [0.2, 0.25) is 0 Å². The summed E-state index contributed by atoms with van der Waals surface area (Å²) in [6.45, 7) is 5.56. The van der Waals surface area contributed by atoms with Crippen LogP contribution in [0.2, 0.25) is 0 Å². The van der Waals surface area contributed by atoms with Gasteiger partial charge in [-0.15, -0.1) is 0 Å². The quantitative estimate of drug-likeness (QED) is 0.692. The molecule has 0 aromatic carbocycles. The molecule has 0 bridgehead atoms. The van der Waals surface area contributed by atoms with Crippen LogP contribution in [0.5, 0.6) is 0 Å². The topological polar surface area (TPSA) is 24.9 Å². The molecule has 0 fully saturated rings. The van der Waals surface area contributed by atoms with Crippen LogP contribution in [-0.2, 0) is 0 Å². The molecule has 0 spiro atoms. The van der Waals surface area contributed by atoms with E-state index in [0.29, 0.717) is 6.04 Å². The molecule has 0 radical (unpaired) electrons. The Balaban J connectivity index is 2.16. The Morgan fingerprint density at radius 2 is 1.93 bits per heavy atom. The van der Waals surface area contributed by atoms with E-state index in [1.165, 1.54) is 31.2 Å². The van der Waals surface area contributed by atoms with E-state index in [1.807, 2.05) is 12.4 Å². The molecule has 1 N–H and O–H groups in total. The Kier molecular flexibility index (Phi) is 6.02. The van der Waals surface area contributed by atoms with Crippen molar-refractivity contribution in [3.63, 3.8) is 0 Å². The van der Waals surface area contributed by atoms with Gasteiger partial charge in [0.25, 0.3) is 0 Å². The first-order chi connectivity index (χ1) is 7.34. The van der Waals surface area contributed by atoms with Gasteiger partial charge >= 0.3 is 0 Å². The first-order valence-electron chi connectivity index (χ1n) is 5.98. The summed E-state index contributed by atoms with van der Waals surface area (Å²) in [6, 6.07) is 4.59. The van der Waals surface area contributed by atoms with Crippen molar-refractivity contribution in [3.8, 4) is 0 Å². The highest BCUT2D eigenvalue weighted by Gasteiger charge is 2.02. The number of pyridine rings is 1. The van der Waals surface area contributed by atoms with Gasteiger partial charge in [-0.05, 0) is 37.6 Å². The molecule has 1 aromatic heterocycles. The second-order valence-electron chi connectivity index (χ2n) is 4.02. The Morgan fingerprint density at radius 3 is 2.60 bits per heavy atom. The molecule has 0 saturated carbocycles. The number of rotatable bonds is 7. The van der Waals surface area contributed by atoms with Crippen molar-refractivity contribution in [1.29, 1.82) is 0 Å². The molecule has 0 aliphatic heterocycles. The largest absolute Gasteiger partial charge is 0.310 e. The van der Waals surface area contributed by atoms with Gasteiger partial charge in [-0.2, -0.15) is 0 Å². The molecule has 1 aromatic rings. The monoisotopic (exact) mass is 206 g/mol. The van der Waals surface area contributed by atoms with Crippen molar-refractivity contribution < 1.29 is 0 Å². The highest BCUT2D eigenvalue weighted by atomic mass is 14.9. The molecule has 0 saturated heterocycles. The first kappa shape index (κ1) is 12.2. The number of nitrogens with zero attached hydrogens (tertiary/aromatic N) is 1. The minimum absolute atomic E-state index is 0.439. The van der Waals surface area contributed by atoms with E-state index in [9.17, 15) is 0 Å². The van der Waals surface area contributed by atoms with Gasteiger partial charge in [0.1, 0.15) is 0 Å². The predicted molar refractivity (Wildman–Crippen MR) is 64.8 cm³/mol. The molecule has 15 heavy (non-hydrogen) atoms. The lowest BCUT2D eigenvalue weighted by molar-refractivity contribution is 0.536. The first-order valence-corrected chi connectivity index (χ1v) is 5.98.